The highest BCUT2D eigenvalue weighted by Gasteiger charge is 2.18. The Morgan fingerprint density at radius 2 is 2.06 bits per heavy atom. The molecule has 0 spiro atoms. The van der Waals surface area contributed by atoms with Crippen LogP contribution in [0.25, 0.3) is 0 Å². The topological polar surface area (TPSA) is 20.3 Å². The second-order valence-corrected chi connectivity index (χ2v) is 9.29. The Hall–Kier alpha value is 0.310. The number of hydrogen-bond acceptors (Lipinski definition) is 3. The van der Waals surface area contributed by atoms with Gasteiger partial charge in [-0.1, -0.05) is 0 Å². The highest BCUT2D eigenvalue weighted by molar-refractivity contribution is 9.12. The maximum absolute atomic E-state index is 12.3. The molecule has 0 fully saturated rings. The van der Waals surface area contributed by atoms with Gasteiger partial charge in [0.2, 0.25) is 0 Å². The Labute approximate surface area is 138 Å². The number of hydrogen-bond donors (Lipinski definition) is 0. The smallest absolute Gasteiger partial charge is 0.255 e. The Balaban J connectivity index is 2.11. The molecule has 2 rings (SSSR count). The average molecular weight is 474 g/mol. The van der Waals surface area contributed by atoms with Gasteiger partial charge in [0.05, 0.1) is 19.7 Å². The van der Waals surface area contributed by atoms with E-state index in [0.717, 1.165) is 16.9 Å². The molecule has 96 valence electrons. The summed E-state index contributed by atoms with van der Waals surface area (Å²) in [5.74, 6) is 0.0216. The van der Waals surface area contributed by atoms with Crippen LogP contribution in [0.1, 0.15) is 15.2 Å². The van der Waals surface area contributed by atoms with Crippen molar-refractivity contribution in [2.45, 2.75) is 6.54 Å². The summed E-state index contributed by atoms with van der Waals surface area (Å²) in [4.78, 5) is 15.1. The molecule has 0 unspecified atom stereocenters. The number of rotatable bonds is 3. The molecule has 0 aliphatic heterocycles. The first kappa shape index (κ1) is 14.7. The van der Waals surface area contributed by atoms with Crippen LogP contribution in [0.15, 0.2) is 29.6 Å². The molecular formula is C11H8Br3NOS2. The summed E-state index contributed by atoms with van der Waals surface area (Å²) in [6.07, 6.45) is 0. The van der Waals surface area contributed by atoms with Gasteiger partial charge in [0.15, 0.2) is 0 Å². The van der Waals surface area contributed by atoms with Gasteiger partial charge < -0.3 is 4.90 Å². The van der Waals surface area contributed by atoms with E-state index < -0.39 is 0 Å². The zero-order chi connectivity index (χ0) is 13.3. The lowest BCUT2D eigenvalue weighted by atomic mass is 10.3. The van der Waals surface area contributed by atoms with Crippen molar-refractivity contribution in [1.29, 1.82) is 0 Å². The Kier molecular flexibility index (Phi) is 5.05. The molecule has 0 atom stereocenters. The number of halogens is 3. The number of carbonyl (C=O) groups is 1. The maximum atomic E-state index is 12.3. The molecule has 2 aromatic heterocycles. The maximum Gasteiger partial charge on any atom is 0.255 e. The summed E-state index contributed by atoms with van der Waals surface area (Å²) >= 11 is 13.4. The SMILES string of the molecule is CN(Cc1cc(Br)cs1)C(=O)c1cc(Br)sc1Br. The molecule has 0 aliphatic rings. The standard InChI is InChI=1S/C11H8Br3NOS2/c1-15(4-7-2-6(12)5-17-7)11(16)8-3-9(13)18-10(8)14/h2-3,5H,4H2,1H3. The first-order chi connectivity index (χ1) is 8.47. The van der Waals surface area contributed by atoms with Gasteiger partial charge in [-0.25, -0.2) is 0 Å². The van der Waals surface area contributed by atoms with Gasteiger partial charge in [-0.3, -0.25) is 4.79 Å². The third-order valence-electron chi connectivity index (χ3n) is 2.25. The summed E-state index contributed by atoms with van der Waals surface area (Å²) in [6.45, 7) is 0.620. The lowest BCUT2D eigenvalue weighted by molar-refractivity contribution is 0.0786. The molecular weight excluding hydrogens is 466 g/mol. The van der Waals surface area contributed by atoms with E-state index in [-0.39, 0.29) is 5.91 Å². The Morgan fingerprint density at radius 1 is 1.33 bits per heavy atom. The largest absolute Gasteiger partial charge is 0.337 e. The van der Waals surface area contributed by atoms with Crippen molar-refractivity contribution in [3.8, 4) is 0 Å². The van der Waals surface area contributed by atoms with Crippen LogP contribution in [0.5, 0.6) is 0 Å². The van der Waals surface area contributed by atoms with Crippen molar-refractivity contribution in [1.82, 2.24) is 4.90 Å². The van der Waals surface area contributed by atoms with E-state index in [0.29, 0.717) is 12.1 Å². The Bertz CT molecular complexity index is 579. The van der Waals surface area contributed by atoms with Crippen LogP contribution in [-0.4, -0.2) is 17.9 Å². The van der Waals surface area contributed by atoms with Crippen molar-refractivity contribution >= 4 is 76.4 Å². The van der Waals surface area contributed by atoms with Crippen LogP contribution < -0.4 is 0 Å². The molecule has 0 bridgehead atoms. The minimum absolute atomic E-state index is 0.0216. The third kappa shape index (κ3) is 3.45. The van der Waals surface area contributed by atoms with Crippen molar-refractivity contribution < 1.29 is 4.79 Å². The molecule has 0 saturated heterocycles. The zero-order valence-electron chi connectivity index (χ0n) is 9.25. The third-order valence-corrected chi connectivity index (χ3v) is 6.27. The van der Waals surface area contributed by atoms with Gasteiger partial charge in [-0.05, 0) is 59.9 Å². The monoisotopic (exact) mass is 471 g/mol. The summed E-state index contributed by atoms with van der Waals surface area (Å²) in [5, 5.41) is 2.02. The molecule has 0 N–H and O–H groups in total. The second-order valence-electron chi connectivity index (χ2n) is 3.63. The molecule has 2 nitrogen and oxygen atoms in total. The average Bonchev–Trinajstić information content (AvgIpc) is 2.84. The summed E-state index contributed by atoms with van der Waals surface area (Å²) in [5.41, 5.74) is 0.699. The van der Waals surface area contributed by atoms with Gasteiger partial charge in [0.25, 0.3) is 5.91 Å². The molecule has 18 heavy (non-hydrogen) atoms. The number of carbonyl (C=O) groups excluding carboxylic acids is 1. The molecule has 1 amide bonds. The van der Waals surface area contributed by atoms with Crippen LogP contribution in [0, 0.1) is 0 Å². The summed E-state index contributed by atoms with van der Waals surface area (Å²) in [7, 11) is 1.81. The number of thiophene rings is 2. The van der Waals surface area contributed by atoms with Gasteiger partial charge in [-0.15, -0.1) is 22.7 Å². The lowest BCUT2D eigenvalue weighted by Gasteiger charge is -2.15. The highest BCUT2D eigenvalue weighted by atomic mass is 79.9. The quantitative estimate of drug-likeness (QED) is 0.587. The molecule has 0 aromatic carbocycles. The van der Waals surface area contributed by atoms with E-state index in [9.17, 15) is 4.79 Å². The predicted octanol–water partition coefficient (Wildman–Crippen LogP) is 5.37. The van der Waals surface area contributed by atoms with Crippen LogP contribution in [0.2, 0.25) is 0 Å². The van der Waals surface area contributed by atoms with Gasteiger partial charge in [-0.2, -0.15) is 0 Å². The van der Waals surface area contributed by atoms with E-state index in [1.165, 1.54) is 11.3 Å². The van der Waals surface area contributed by atoms with E-state index in [4.69, 9.17) is 0 Å². The molecule has 2 heterocycles. The minimum atomic E-state index is 0.0216. The summed E-state index contributed by atoms with van der Waals surface area (Å²) < 4.78 is 2.87. The lowest BCUT2D eigenvalue weighted by Crippen LogP contribution is -2.25. The molecule has 0 saturated carbocycles. The minimum Gasteiger partial charge on any atom is -0.337 e. The zero-order valence-corrected chi connectivity index (χ0v) is 15.6. The molecule has 2 aromatic rings. The fraction of sp³-hybridized carbons (Fsp3) is 0.182. The van der Waals surface area contributed by atoms with E-state index >= 15 is 0 Å². The van der Waals surface area contributed by atoms with Crippen molar-refractivity contribution in [2.75, 3.05) is 7.05 Å². The van der Waals surface area contributed by atoms with Gasteiger partial charge in [0, 0.05) is 21.8 Å². The van der Waals surface area contributed by atoms with Crippen molar-refractivity contribution in [3.63, 3.8) is 0 Å². The fourth-order valence-electron chi connectivity index (χ4n) is 1.43. The molecule has 7 heteroatoms. The predicted molar refractivity (Wildman–Crippen MR) is 87.5 cm³/mol. The van der Waals surface area contributed by atoms with E-state index in [1.54, 1.807) is 16.2 Å². The van der Waals surface area contributed by atoms with Gasteiger partial charge >= 0.3 is 0 Å². The summed E-state index contributed by atoms with van der Waals surface area (Å²) in [6, 6.07) is 3.88. The van der Waals surface area contributed by atoms with Crippen LogP contribution in [0.4, 0.5) is 0 Å². The first-order valence-corrected chi connectivity index (χ1v) is 8.98. The van der Waals surface area contributed by atoms with E-state index in [1.807, 2.05) is 24.6 Å². The van der Waals surface area contributed by atoms with E-state index in [2.05, 4.69) is 47.8 Å². The number of nitrogens with zero attached hydrogens (tertiary/aromatic N) is 1. The van der Waals surface area contributed by atoms with Gasteiger partial charge in [0.1, 0.15) is 0 Å². The number of amides is 1. The Morgan fingerprint density at radius 3 is 2.56 bits per heavy atom. The normalized spacial score (nSPS) is 10.7. The molecule has 0 aliphatic carbocycles. The second kappa shape index (κ2) is 6.17. The van der Waals surface area contributed by atoms with Crippen LogP contribution in [0.3, 0.4) is 0 Å². The highest BCUT2D eigenvalue weighted by Crippen LogP contribution is 2.32. The van der Waals surface area contributed by atoms with Crippen LogP contribution >= 0.6 is 70.5 Å². The van der Waals surface area contributed by atoms with Crippen LogP contribution in [-0.2, 0) is 6.54 Å². The van der Waals surface area contributed by atoms with Crippen molar-refractivity contribution in [2.24, 2.45) is 0 Å². The first-order valence-electron chi connectivity index (χ1n) is 4.90. The van der Waals surface area contributed by atoms with Crippen molar-refractivity contribution in [3.05, 3.63) is 40.0 Å². The fourth-order valence-corrected chi connectivity index (χ4v) is 5.71. The molecule has 0 radical (unpaired) electrons.